The summed E-state index contributed by atoms with van der Waals surface area (Å²) in [5.41, 5.74) is 2.74. The van der Waals surface area contributed by atoms with E-state index in [0.717, 1.165) is 11.3 Å². The van der Waals surface area contributed by atoms with Gasteiger partial charge in [0, 0.05) is 30.1 Å². The van der Waals surface area contributed by atoms with Crippen molar-refractivity contribution in [1.29, 1.82) is 0 Å². The third-order valence-corrected chi connectivity index (χ3v) is 4.68. The van der Waals surface area contributed by atoms with Crippen LogP contribution in [-0.4, -0.2) is 33.1 Å². The van der Waals surface area contributed by atoms with Gasteiger partial charge in [0.2, 0.25) is 5.91 Å². The van der Waals surface area contributed by atoms with Crippen molar-refractivity contribution in [3.63, 3.8) is 0 Å². The molecular weight excluding hydrogens is 392 g/mol. The van der Waals surface area contributed by atoms with Crippen LogP contribution in [0.4, 0.5) is 11.4 Å². The lowest BCUT2D eigenvalue weighted by atomic mass is 10.1. The lowest BCUT2D eigenvalue weighted by molar-refractivity contribution is -0.111. The molecule has 0 saturated heterocycles. The second-order valence-corrected chi connectivity index (χ2v) is 6.71. The first-order valence-corrected chi connectivity index (χ1v) is 9.66. The second kappa shape index (κ2) is 10.1. The van der Waals surface area contributed by atoms with Gasteiger partial charge in [0.15, 0.2) is 11.5 Å². The summed E-state index contributed by atoms with van der Waals surface area (Å²) in [5, 5.41) is 2.78. The molecule has 0 spiro atoms. The molecule has 3 aromatic rings. The molecule has 158 valence electrons. The third-order valence-electron chi connectivity index (χ3n) is 4.68. The first kappa shape index (κ1) is 21.6. The number of methoxy groups -OCH3 is 2. The Balaban J connectivity index is 1.62. The Bertz CT molecular complexity index is 1080. The second-order valence-electron chi connectivity index (χ2n) is 6.71. The van der Waals surface area contributed by atoms with Crippen molar-refractivity contribution in [2.75, 3.05) is 31.5 Å². The molecular formula is C25H24N2O4. The maximum atomic E-state index is 12.6. The number of amides is 2. The van der Waals surface area contributed by atoms with Crippen LogP contribution in [0.1, 0.15) is 15.9 Å². The fourth-order valence-corrected chi connectivity index (χ4v) is 2.97. The van der Waals surface area contributed by atoms with E-state index >= 15 is 0 Å². The summed E-state index contributed by atoms with van der Waals surface area (Å²) in [6, 6.07) is 21.6. The first-order valence-electron chi connectivity index (χ1n) is 9.66. The van der Waals surface area contributed by atoms with Gasteiger partial charge < -0.3 is 19.7 Å². The predicted molar refractivity (Wildman–Crippen MR) is 123 cm³/mol. The standard InChI is InChI=1S/C25H24N2O4/c1-27(21-7-5-4-6-8-21)25(29)19-11-13-20(14-12-19)26-24(28)16-10-18-9-15-22(30-2)23(17-18)31-3/h4-17H,1-3H3,(H,26,28)/b16-10+. The van der Waals surface area contributed by atoms with Gasteiger partial charge in [-0.2, -0.15) is 0 Å². The first-order chi connectivity index (χ1) is 15.0. The van der Waals surface area contributed by atoms with Crippen LogP contribution in [0.5, 0.6) is 11.5 Å². The Hall–Kier alpha value is -4.06. The van der Waals surface area contributed by atoms with E-state index in [0.29, 0.717) is 22.7 Å². The number of anilines is 2. The van der Waals surface area contributed by atoms with Crippen LogP contribution in [0.15, 0.2) is 78.9 Å². The highest BCUT2D eigenvalue weighted by Crippen LogP contribution is 2.28. The minimum atomic E-state index is -0.282. The smallest absolute Gasteiger partial charge is 0.258 e. The number of carbonyl (C=O) groups is 2. The molecule has 0 radical (unpaired) electrons. The number of hydrogen-bond acceptors (Lipinski definition) is 4. The maximum Gasteiger partial charge on any atom is 0.258 e. The molecule has 0 bridgehead atoms. The zero-order valence-corrected chi connectivity index (χ0v) is 17.7. The molecule has 6 nitrogen and oxygen atoms in total. The Labute approximate surface area is 181 Å². The zero-order chi connectivity index (χ0) is 22.2. The van der Waals surface area contributed by atoms with Crippen LogP contribution in [0.25, 0.3) is 6.08 Å². The normalized spacial score (nSPS) is 10.5. The number of benzene rings is 3. The van der Waals surface area contributed by atoms with Crippen molar-refractivity contribution in [3.8, 4) is 11.5 Å². The van der Waals surface area contributed by atoms with E-state index in [1.165, 1.54) is 6.08 Å². The number of carbonyl (C=O) groups excluding carboxylic acids is 2. The molecule has 0 heterocycles. The molecule has 0 unspecified atom stereocenters. The molecule has 0 aliphatic heterocycles. The highest BCUT2D eigenvalue weighted by atomic mass is 16.5. The van der Waals surface area contributed by atoms with Gasteiger partial charge in [-0.15, -0.1) is 0 Å². The lowest BCUT2D eigenvalue weighted by Crippen LogP contribution is -2.26. The van der Waals surface area contributed by atoms with Crippen molar-refractivity contribution < 1.29 is 19.1 Å². The largest absolute Gasteiger partial charge is 0.493 e. The number of rotatable bonds is 7. The van der Waals surface area contributed by atoms with Crippen molar-refractivity contribution in [2.45, 2.75) is 0 Å². The van der Waals surface area contributed by atoms with E-state index in [-0.39, 0.29) is 11.8 Å². The van der Waals surface area contributed by atoms with Crippen molar-refractivity contribution >= 4 is 29.3 Å². The molecule has 0 fully saturated rings. The summed E-state index contributed by atoms with van der Waals surface area (Å²) in [4.78, 5) is 26.5. The third kappa shape index (κ3) is 5.51. The van der Waals surface area contributed by atoms with E-state index in [9.17, 15) is 9.59 Å². The minimum Gasteiger partial charge on any atom is -0.493 e. The number of nitrogens with one attached hydrogen (secondary N) is 1. The fraction of sp³-hybridized carbons (Fsp3) is 0.120. The van der Waals surface area contributed by atoms with E-state index in [2.05, 4.69) is 5.32 Å². The van der Waals surface area contributed by atoms with Gasteiger partial charge in [-0.05, 0) is 60.2 Å². The highest BCUT2D eigenvalue weighted by molar-refractivity contribution is 6.06. The average Bonchev–Trinajstić information content (AvgIpc) is 2.82. The minimum absolute atomic E-state index is 0.127. The van der Waals surface area contributed by atoms with Gasteiger partial charge in [-0.25, -0.2) is 0 Å². The van der Waals surface area contributed by atoms with Crippen LogP contribution >= 0.6 is 0 Å². The molecule has 0 aromatic heterocycles. The molecule has 1 N–H and O–H groups in total. The van der Waals surface area contributed by atoms with Gasteiger partial charge in [0.1, 0.15) is 0 Å². The maximum absolute atomic E-state index is 12.6. The van der Waals surface area contributed by atoms with Crippen molar-refractivity contribution in [2.24, 2.45) is 0 Å². The van der Waals surface area contributed by atoms with E-state index in [1.54, 1.807) is 68.6 Å². The van der Waals surface area contributed by atoms with Crippen molar-refractivity contribution in [1.82, 2.24) is 0 Å². The number of para-hydroxylation sites is 1. The molecule has 3 rings (SSSR count). The quantitative estimate of drug-likeness (QED) is 0.570. The molecule has 2 amide bonds. The van der Waals surface area contributed by atoms with E-state index in [1.807, 2.05) is 36.4 Å². The highest BCUT2D eigenvalue weighted by Gasteiger charge is 2.13. The summed E-state index contributed by atoms with van der Waals surface area (Å²) >= 11 is 0. The summed E-state index contributed by atoms with van der Waals surface area (Å²) in [5.74, 6) is 0.801. The zero-order valence-electron chi connectivity index (χ0n) is 17.7. The number of nitrogens with zero attached hydrogens (tertiary/aromatic N) is 1. The van der Waals surface area contributed by atoms with Crippen LogP contribution in [-0.2, 0) is 4.79 Å². The molecule has 31 heavy (non-hydrogen) atoms. The predicted octanol–water partition coefficient (Wildman–Crippen LogP) is 4.63. The Morgan fingerprint density at radius 3 is 2.19 bits per heavy atom. The Morgan fingerprint density at radius 2 is 1.55 bits per heavy atom. The average molecular weight is 416 g/mol. The molecule has 0 aliphatic carbocycles. The van der Waals surface area contributed by atoms with Gasteiger partial charge >= 0.3 is 0 Å². The van der Waals surface area contributed by atoms with E-state index < -0.39 is 0 Å². The van der Waals surface area contributed by atoms with E-state index in [4.69, 9.17) is 9.47 Å². The Morgan fingerprint density at radius 1 is 0.871 bits per heavy atom. The molecule has 0 aliphatic rings. The van der Waals surface area contributed by atoms with Gasteiger partial charge in [-0.1, -0.05) is 24.3 Å². The molecule has 3 aromatic carbocycles. The van der Waals surface area contributed by atoms with Gasteiger partial charge in [0.25, 0.3) is 5.91 Å². The van der Waals surface area contributed by atoms with Gasteiger partial charge in [-0.3, -0.25) is 9.59 Å². The summed E-state index contributed by atoms with van der Waals surface area (Å²) in [6.07, 6.45) is 3.12. The number of ether oxygens (including phenoxy) is 2. The molecule has 0 atom stereocenters. The van der Waals surface area contributed by atoms with Crippen LogP contribution in [0.3, 0.4) is 0 Å². The topological polar surface area (TPSA) is 67.9 Å². The van der Waals surface area contributed by atoms with Crippen LogP contribution in [0, 0.1) is 0 Å². The fourth-order valence-electron chi connectivity index (χ4n) is 2.97. The monoisotopic (exact) mass is 416 g/mol. The lowest BCUT2D eigenvalue weighted by Gasteiger charge is -2.17. The number of hydrogen-bond donors (Lipinski definition) is 1. The molecule has 6 heteroatoms. The van der Waals surface area contributed by atoms with Gasteiger partial charge in [0.05, 0.1) is 14.2 Å². The van der Waals surface area contributed by atoms with Crippen LogP contribution in [0.2, 0.25) is 0 Å². The summed E-state index contributed by atoms with van der Waals surface area (Å²) in [6.45, 7) is 0. The van der Waals surface area contributed by atoms with Crippen molar-refractivity contribution in [3.05, 3.63) is 90.0 Å². The summed E-state index contributed by atoms with van der Waals surface area (Å²) in [7, 11) is 4.86. The Kier molecular flexibility index (Phi) is 7.06. The summed E-state index contributed by atoms with van der Waals surface area (Å²) < 4.78 is 10.5. The molecule has 0 saturated carbocycles. The van der Waals surface area contributed by atoms with Crippen LogP contribution < -0.4 is 19.7 Å². The SMILES string of the molecule is COc1ccc(/C=C/C(=O)Nc2ccc(C(=O)N(C)c3ccccc3)cc2)cc1OC.